The van der Waals surface area contributed by atoms with E-state index in [1.807, 2.05) is 0 Å². The van der Waals surface area contributed by atoms with Crippen molar-refractivity contribution < 1.29 is 9.31 Å². The lowest BCUT2D eigenvalue weighted by Gasteiger charge is -2.04. The molecule has 0 amide bonds. The maximum Gasteiger partial charge on any atom is 0.280 e. The van der Waals surface area contributed by atoms with Crippen molar-refractivity contribution in [3.63, 3.8) is 0 Å². The summed E-state index contributed by atoms with van der Waals surface area (Å²) in [5, 5.41) is 11.7. The molecule has 20 heavy (non-hydrogen) atoms. The molecule has 0 unspecified atom stereocenters. The van der Waals surface area contributed by atoms with Crippen molar-refractivity contribution in [2.45, 2.75) is 0 Å². The van der Waals surface area contributed by atoms with E-state index in [4.69, 9.17) is 0 Å². The van der Waals surface area contributed by atoms with Crippen LogP contribution in [0.1, 0.15) is 0 Å². The van der Waals surface area contributed by atoms with Gasteiger partial charge < -0.3 is 0 Å². The predicted octanol–water partition coefficient (Wildman–Crippen LogP) is 3.95. The van der Waals surface area contributed by atoms with Gasteiger partial charge in [-0.25, -0.2) is 9.37 Å². The number of hydrogen-bond donors (Lipinski definition) is 0. The Hall–Kier alpha value is -2.82. The van der Waals surface area contributed by atoms with E-state index in [-0.39, 0.29) is 11.5 Å². The van der Waals surface area contributed by atoms with Crippen LogP contribution < -0.4 is 0 Å². The van der Waals surface area contributed by atoms with E-state index in [0.717, 1.165) is 0 Å². The van der Waals surface area contributed by atoms with Crippen LogP contribution >= 0.6 is 0 Å². The normalized spacial score (nSPS) is 10.7. The Labute approximate surface area is 113 Å². The maximum atomic E-state index is 12.9. The molecule has 3 rings (SSSR count). The zero-order valence-corrected chi connectivity index (χ0v) is 10.3. The lowest BCUT2D eigenvalue weighted by molar-refractivity contribution is -0.383. The van der Waals surface area contributed by atoms with Crippen molar-refractivity contribution in [3.8, 4) is 11.3 Å². The highest BCUT2D eigenvalue weighted by Gasteiger charge is 2.15. The molecule has 0 radical (unpaired) electrons. The lowest BCUT2D eigenvalue weighted by Crippen LogP contribution is -1.94. The van der Waals surface area contributed by atoms with E-state index in [1.165, 1.54) is 18.2 Å². The van der Waals surface area contributed by atoms with Gasteiger partial charge in [0.25, 0.3) is 5.69 Å². The van der Waals surface area contributed by atoms with Crippen LogP contribution in [0.3, 0.4) is 0 Å². The number of rotatable bonds is 2. The molecular weight excluding hydrogens is 259 g/mol. The molecule has 1 heterocycles. The van der Waals surface area contributed by atoms with E-state index in [9.17, 15) is 14.5 Å². The van der Waals surface area contributed by atoms with Crippen LogP contribution in [0.15, 0.2) is 54.6 Å². The second-order valence-corrected chi connectivity index (χ2v) is 4.31. The van der Waals surface area contributed by atoms with Crippen LogP contribution in [-0.2, 0) is 0 Å². The fraction of sp³-hybridized carbons (Fsp3) is 0. The first kappa shape index (κ1) is 12.2. The molecule has 0 spiro atoms. The molecule has 0 saturated carbocycles. The van der Waals surface area contributed by atoms with E-state index < -0.39 is 4.92 Å². The smallest absolute Gasteiger partial charge is 0.258 e. The Morgan fingerprint density at radius 3 is 2.45 bits per heavy atom. The molecule has 0 fully saturated rings. The third-order valence-corrected chi connectivity index (χ3v) is 3.03. The SMILES string of the molecule is O=[N+]([O-])c1cc(-c2ccc(F)cc2)nc2ccccc12. The van der Waals surface area contributed by atoms with Gasteiger partial charge in [-0.15, -0.1) is 0 Å². The maximum absolute atomic E-state index is 12.9. The molecule has 0 bridgehead atoms. The largest absolute Gasteiger partial charge is 0.280 e. The summed E-state index contributed by atoms with van der Waals surface area (Å²) in [7, 11) is 0. The topological polar surface area (TPSA) is 56.0 Å². The minimum absolute atomic E-state index is 0.00470. The third-order valence-electron chi connectivity index (χ3n) is 3.03. The number of para-hydroxylation sites is 1. The van der Waals surface area contributed by atoms with Crippen molar-refractivity contribution in [2.75, 3.05) is 0 Å². The molecule has 3 aromatic rings. The van der Waals surface area contributed by atoms with Gasteiger partial charge in [-0.05, 0) is 36.4 Å². The highest BCUT2D eigenvalue weighted by atomic mass is 19.1. The lowest BCUT2D eigenvalue weighted by atomic mass is 10.1. The van der Waals surface area contributed by atoms with Gasteiger partial charge in [0.05, 0.1) is 21.5 Å². The summed E-state index contributed by atoms with van der Waals surface area (Å²) in [6, 6.07) is 14.0. The van der Waals surface area contributed by atoms with E-state index in [2.05, 4.69) is 4.98 Å². The van der Waals surface area contributed by atoms with Crippen molar-refractivity contribution in [3.05, 3.63) is 70.5 Å². The van der Waals surface area contributed by atoms with Gasteiger partial charge in [0.2, 0.25) is 0 Å². The second kappa shape index (κ2) is 4.70. The molecule has 98 valence electrons. The summed E-state index contributed by atoms with van der Waals surface area (Å²) < 4.78 is 12.9. The molecule has 0 aliphatic carbocycles. The summed E-state index contributed by atoms with van der Waals surface area (Å²) in [5.74, 6) is -0.357. The first-order valence-corrected chi connectivity index (χ1v) is 5.95. The summed E-state index contributed by atoms with van der Waals surface area (Å²) in [6.07, 6.45) is 0. The predicted molar refractivity (Wildman–Crippen MR) is 73.8 cm³/mol. The Morgan fingerprint density at radius 2 is 1.75 bits per heavy atom. The minimum Gasteiger partial charge on any atom is -0.258 e. The number of nitrogens with zero attached hydrogens (tertiary/aromatic N) is 2. The molecular formula is C15H9FN2O2. The van der Waals surface area contributed by atoms with Gasteiger partial charge in [-0.3, -0.25) is 10.1 Å². The standard InChI is InChI=1S/C15H9FN2O2/c16-11-7-5-10(6-8-11)14-9-15(18(19)20)12-3-1-2-4-13(12)17-14/h1-9H. The quantitative estimate of drug-likeness (QED) is 0.522. The molecule has 0 aliphatic heterocycles. The molecule has 4 nitrogen and oxygen atoms in total. The zero-order valence-electron chi connectivity index (χ0n) is 10.3. The van der Waals surface area contributed by atoms with E-state index >= 15 is 0 Å². The fourth-order valence-electron chi connectivity index (χ4n) is 2.08. The molecule has 2 aromatic carbocycles. The number of aromatic nitrogens is 1. The van der Waals surface area contributed by atoms with Gasteiger partial charge >= 0.3 is 0 Å². The number of fused-ring (bicyclic) bond motifs is 1. The van der Waals surface area contributed by atoms with Crippen LogP contribution in [0.5, 0.6) is 0 Å². The molecule has 0 aliphatic rings. The van der Waals surface area contributed by atoms with Gasteiger partial charge in [-0.2, -0.15) is 0 Å². The Balaban J connectivity index is 2.27. The summed E-state index contributed by atoms with van der Waals surface area (Å²) in [5.41, 5.74) is 1.63. The Bertz CT molecular complexity index is 801. The average Bonchev–Trinajstić information content (AvgIpc) is 2.46. The van der Waals surface area contributed by atoms with Crippen molar-refractivity contribution in [1.29, 1.82) is 0 Å². The van der Waals surface area contributed by atoms with Crippen molar-refractivity contribution in [1.82, 2.24) is 4.98 Å². The molecule has 0 saturated heterocycles. The minimum atomic E-state index is -0.433. The zero-order chi connectivity index (χ0) is 14.1. The van der Waals surface area contributed by atoms with Gasteiger partial charge in [0, 0.05) is 11.6 Å². The molecule has 1 aromatic heterocycles. The first-order chi connectivity index (χ1) is 9.65. The highest BCUT2D eigenvalue weighted by Crippen LogP contribution is 2.29. The molecule has 0 N–H and O–H groups in total. The second-order valence-electron chi connectivity index (χ2n) is 4.31. The van der Waals surface area contributed by atoms with Crippen LogP contribution in [0, 0.1) is 15.9 Å². The Morgan fingerprint density at radius 1 is 1.05 bits per heavy atom. The van der Waals surface area contributed by atoms with Gasteiger partial charge in [0.15, 0.2) is 0 Å². The van der Waals surface area contributed by atoms with Crippen LogP contribution in [0.25, 0.3) is 22.2 Å². The van der Waals surface area contributed by atoms with Crippen molar-refractivity contribution >= 4 is 16.6 Å². The first-order valence-electron chi connectivity index (χ1n) is 5.95. The summed E-state index contributed by atoms with van der Waals surface area (Å²) in [6.45, 7) is 0. The van der Waals surface area contributed by atoms with Crippen molar-refractivity contribution in [2.24, 2.45) is 0 Å². The fourth-order valence-corrected chi connectivity index (χ4v) is 2.08. The van der Waals surface area contributed by atoms with E-state index in [1.54, 1.807) is 36.4 Å². The Kier molecular flexibility index (Phi) is 2.87. The average molecular weight is 268 g/mol. The number of benzene rings is 2. The van der Waals surface area contributed by atoms with Crippen LogP contribution in [-0.4, -0.2) is 9.91 Å². The molecule has 0 atom stereocenters. The van der Waals surface area contributed by atoms with Crippen LogP contribution in [0.4, 0.5) is 10.1 Å². The number of hydrogen-bond acceptors (Lipinski definition) is 3. The van der Waals surface area contributed by atoms with Gasteiger partial charge in [-0.1, -0.05) is 12.1 Å². The molecule has 5 heteroatoms. The number of halogens is 1. The summed E-state index contributed by atoms with van der Waals surface area (Å²) in [4.78, 5) is 15.1. The van der Waals surface area contributed by atoms with E-state index in [0.29, 0.717) is 22.2 Å². The number of nitro groups is 1. The summed E-state index contributed by atoms with van der Waals surface area (Å²) >= 11 is 0. The highest BCUT2D eigenvalue weighted by molar-refractivity contribution is 5.90. The van der Waals surface area contributed by atoms with Crippen LogP contribution in [0.2, 0.25) is 0 Å². The van der Waals surface area contributed by atoms with Gasteiger partial charge in [0.1, 0.15) is 5.82 Å². The number of pyridine rings is 1. The third kappa shape index (κ3) is 2.09. The monoisotopic (exact) mass is 268 g/mol.